The van der Waals surface area contributed by atoms with E-state index >= 15 is 0 Å². The Morgan fingerprint density at radius 3 is 1.18 bits per heavy atom. The number of hydrogen-bond acceptors (Lipinski definition) is 7. The van der Waals surface area contributed by atoms with Crippen molar-refractivity contribution < 1.29 is 67.7 Å². The van der Waals surface area contributed by atoms with Crippen LogP contribution in [-0.4, -0.2) is 36.1 Å². The van der Waals surface area contributed by atoms with E-state index in [1.807, 2.05) is 6.07 Å². The van der Waals surface area contributed by atoms with Crippen LogP contribution in [0.5, 0.6) is 0 Å². The smallest absolute Gasteiger partial charge is 0.433 e. The number of carbonyl (C=O) groups is 1. The molecule has 50 heavy (non-hydrogen) atoms. The molecule has 4 aromatic heterocycles. The first-order valence-corrected chi connectivity index (χ1v) is 13.4. The van der Waals surface area contributed by atoms with E-state index in [9.17, 15) is 57.5 Å². The molecule has 0 aliphatic carbocycles. The van der Waals surface area contributed by atoms with Gasteiger partial charge in [0.1, 0.15) is 22.8 Å². The number of nitriles is 1. The van der Waals surface area contributed by atoms with E-state index in [0.717, 1.165) is 42.9 Å². The number of carboxylic acids is 1. The molecule has 0 fully saturated rings. The molecular formula is C29H20ClF12N5O3. The van der Waals surface area contributed by atoms with Crippen molar-refractivity contribution in [2.24, 2.45) is 0 Å². The molecule has 0 saturated carbocycles. The highest BCUT2D eigenvalue weighted by molar-refractivity contribution is 6.17. The Bertz CT molecular complexity index is 1600. The minimum Gasteiger partial charge on any atom is -0.478 e. The van der Waals surface area contributed by atoms with E-state index in [1.165, 1.54) is 18.2 Å². The zero-order chi connectivity index (χ0) is 38.3. The van der Waals surface area contributed by atoms with Crippen molar-refractivity contribution in [1.29, 1.82) is 5.26 Å². The van der Waals surface area contributed by atoms with Crippen molar-refractivity contribution in [2.75, 3.05) is 0 Å². The molecule has 4 rings (SSSR count). The monoisotopic (exact) mass is 749 g/mol. The van der Waals surface area contributed by atoms with Gasteiger partial charge in [-0.25, -0.2) is 4.79 Å². The molecule has 0 bridgehead atoms. The lowest BCUT2D eigenvalue weighted by Crippen LogP contribution is -2.08. The third-order valence-electron chi connectivity index (χ3n) is 5.27. The molecule has 0 saturated heterocycles. The molecule has 270 valence electrons. The maximum Gasteiger partial charge on any atom is 0.433 e. The number of aromatic nitrogens is 4. The number of hydrogen-bond donors (Lipinski definition) is 2. The Balaban J connectivity index is 0.000000334. The Hall–Kier alpha value is -5.03. The fraction of sp³-hybridized carbons (Fsp3) is 0.241. The topological polar surface area (TPSA) is 133 Å². The van der Waals surface area contributed by atoms with Crippen LogP contribution in [0.15, 0.2) is 73.3 Å². The van der Waals surface area contributed by atoms with Crippen molar-refractivity contribution in [2.45, 2.75) is 43.6 Å². The van der Waals surface area contributed by atoms with Crippen LogP contribution >= 0.6 is 11.6 Å². The van der Waals surface area contributed by atoms with Gasteiger partial charge in [0, 0.05) is 30.7 Å². The van der Waals surface area contributed by atoms with Crippen LogP contribution in [0.3, 0.4) is 0 Å². The predicted octanol–water partition coefficient (Wildman–Crippen LogP) is 8.40. The van der Waals surface area contributed by atoms with Gasteiger partial charge in [-0.3, -0.25) is 19.9 Å². The van der Waals surface area contributed by atoms with Gasteiger partial charge in [-0.15, -0.1) is 11.6 Å². The first-order chi connectivity index (χ1) is 23.0. The van der Waals surface area contributed by atoms with Crippen LogP contribution in [-0.2, 0) is 43.6 Å². The molecule has 0 aromatic carbocycles. The quantitative estimate of drug-likeness (QED) is 0.157. The van der Waals surface area contributed by atoms with Crippen LogP contribution in [0, 0.1) is 11.3 Å². The average Bonchev–Trinajstić information content (AvgIpc) is 3.04. The van der Waals surface area contributed by atoms with E-state index < -0.39 is 53.5 Å². The highest BCUT2D eigenvalue weighted by atomic mass is 35.5. The zero-order valence-electron chi connectivity index (χ0n) is 24.5. The summed E-state index contributed by atoms with van der Waals surface area (Å²) in [5.74, 6) is -1.13. The summed E-state index contributed by atoms with van der Waals surface area (Å²) in [7, 11) is 0. The van der Waals surface area contributed by atoms with Crippen molar-refractivity contribution in [3.63, 3.8) is 0 Å². The molecule has 0 aliphatic heterocycles. The minimum absolute atomic E-state index is 0.0745. The lowest BCUT2D eigenvalue weighted by Gasteiger charge is -2.04. The molecule has 8 nitrogen and oxygen atoms in total. The van der Waals surface area contributed by atoms with Gasteiger partial charge in [0.05, 0.1) is 24.7 Å². The second-order valence-electron chi connectivity index (χ2n) is 9.01. The molecule has 0 aliphatic rings. The van der Waals surface area contributed by atoms with Gasteiger partial charge >= 0.3 is 30.7 Å². The van der Waals surface area contributed by atoms with E-state index in [2.05, 4.69) is 19.9 Å². The molecule has 0 spiro atoms. The van der Waals surface area contributed by atoms with Crippen LogP contribution < -0.4 is 0 Å². The molecule has 4 heterocycles. The summed E-state index contributed by atoms with van der Waals surface area (Å²) in [5, 5.41) is 25.1. The van der Waals surface area contributed by atoms with E-state index in [1.54, 1.807) is 0 Å². The maximum atomic E-state index is 12.0. The Morgan fingerprint density at radius 1 is 0.600 bits per heavy atom. The highest BCUT2D eigenvalue weighted by Gasteiger charge is 2.34. The number of nitrogens with zero attached hydrogens (tertiary/aromatic N) is 5. The zero-order valence-corrected chi connectivity index (χ0v) is 25.3. The molecule has 4 aromatic rings. The number of rotatable bonds is 4. The van der Waals surface area contributed by atoms with Crippen molar-refractivity contribution in [3.05, 3.63) is 118 Å². The molecule has 2 N–H and O–H groups in total. The van der Waals surface area contributed by atoms with Crippen LogP contribution in [0.4, 0.5) is 52.7 Å². The molecule has 0 amide bonds. The lowest BCUT2D eigenvalue weighted by atomic mass is 10.2. The molecule has 0 unspecified atom stereocenters. The molecular weight excluding hydrogens is 730 g/mol. The number of pyridine rings is 4. The highest BCUT2D eigenvalue weighted by Crippen LogP contribution is 2.29. The summed E-state index contributed by atoms with van der Waals surface area (Å²) in [6, 6.07) is 9.68. The van der Waals surface area contributed by atoms with Crippen molar-refractivity contribution >= 4 is 17.6 Å². The SMILES string of the molecule is FC(F)(F)c1ccc(CCl)cn1.N#CCc1ccc(C(F)(F)F)nc1.O=C(O)c1ccc(C(F)(F)F)nc1.OCc1ccc(C(F)(F)F)nc1. The van der Waals surface area contributed by atoms with Gasteiger partial charge in [0.2, 0.25) is 0 Å². The first kappa shape index (κ1) is 43.0. The third kappa shape index (κ3) is 15.5. The maximum absolute atomic E-state index is 12.0. The van der Waals surface area contributed by atoms with Crippen LogP contribution in [0.2, 0.25) is 0 Å². The van der Waals surface area contributed by atoms with E-state index in [0.29, 0.717) is 29.0 Å². The second-order valence-corrected chi connectivity index (χ2v) is 9.28. The number of alkyl halides is 13. The molecule has 0 atom stereocenters. The van der Waals surface area contributed by atoms with E-state index in [-0.39, 0.29) is 24.5 Å². The van der Waals surface area contributed by atoms with Crippen molar-refractivity contribution in [3.8, 4) is 6.07 Å². The Kier molecular flexibility index (Phi) is 16.0. The lowest BCUT2D eigenvalue weighted by molar-refractivity contribution is -0.142. The normalized spacial score (nSPS) is 11.4. The van der Waals surface area contributed by atoms with E-state index in [4.69, 9.17) is 27.1 Å². The van der Waals surface area contributed by atoms with Gasteiger partial charge in [-0.05, 0) is 47.0 Å². The van der Waals surface area contributed by atoms with Gasteiger partial charge in [0.15, 0.2) is 0 Å². The Labute approximate surface area is 278 Å². The average molecular weight is 750 g/mol. The third-order valence-corrected chi connectivity index (χ3v) is 5.58. The molecule has 21 heteroatoms. The first-order valence-electron chi connectivity index (χ1n) is 12.9. The number of halogens is 13. The summed E-state index contributed by atoms with van der Waals surface area (Å²) in [6.07, 6.45) is -13.8. The number of aliphatic hydroxyl groups is 1. The molecule has 0 radical (unpaired) electrons. The fourth-order valence-electron chi connectivity index (χ4n) is 2.83. The number of aliphatic hydroxyl groups excluding tert-OH is 1. The van der Waals surface area contributed by atoms with Crippen molar-refractivity contribution in [1.82, 2.24) is 19.9 Å². The fourth-order valence-corrected chi connectivity index (χ4v) is 2.99. The minimum atomic E-state index is -4.53. The predicted molar refractivity (Wildman–Crippen MR) is 149 cm³/mol. The van der Waals surface area contributed by atoms with Gasteiger partial charge in [-0.2, -0.15) is 57.9 Å². The van der Waals surface area contributed by atoms with Gasteiger partial charge in [-0.1, -0.05) is 18.2 Å². The summed E-state index contributed by atoms with van der Waals surface area (Å²) in [6.45, 7) is -0.300. The van der Waals surface area contributed by atoms with Crippen LogP contribution in [0.1, 0.15) is 49.8 Å². The summed E-state index contributed by atoms with van der Waals surface area (Å²) in [4.78, 5) is 22.7. The summed E-state index contributed by atoms with van der Waals surface area (Å²) >= 11 is 5.37. The second kappa shape index (κ2) is 18.7. The Morgan fingerprint density at radius 2 is 0.940 bits per heavy atom. The summed E-state index contributed by atoms with van der Waals surface area (Å²) < 4.78 is 143. The standard InChI is InChI=1S/C8H5F3N2.C7H5ClF3N.C7H4F3NO2.C7H6F3NO/c9-8(10,11)7-2-1-6(3-4-12)5-13-7;8-3-5-1-2-6(12-4-5)7(9,10)11;8-7(9,10)5-2-1-4(3-11-5)6(12)13;8-7(9,10)6-2-1-5(4-12)3-11-6/h1-2,5H,3H2;1-2,4H,3H2;1-3H,(H,12,13);1-3,12H,4H2. The number of aromatic carboxylic acids is 1. The van der Waals surface area contributed by atoms with Crippen LogP contribution in [0.25, 0.3) is 0 Å². The van der Waals surface area contributed by atoms with Gasteiger partial charge in [0.25, 0.3) is 0 Å². The largest absolute Gasteiger partial charge is 0.478 e. The summed E-state index contributed by atoms with van der Waals surface area (Å²) in [5.41, 5.74) is -2.72. The number of carboxylic acid groups (broad SMARTS) is 1. The van der Waals surface area contributed by atoms with Gasteiger partial charge < -0.3 is 10.2 Å².